The standard InChI is InChI=1S/C13H22N2/c1-3-14-10-7-11-15(2)12-13-8-5-4-6-9-13/h4-6,8-9,14H,3,7,10-12H2,1-2H3. The summed E-state index contributed by atoms with van der Waals surface area (Å²) < 4.78 is 0. The highest BCUT2D eigenvalue weighted by Gasteiger charge is 1.98. The van der Waals surface area contributed by atoms with Gasteiger partial charge in [-0.3, -0.25) is 0 Å². The number of benzene rings is 1. The van der Waals surface area contributed by atoms with Crippen LogP contribution in [0.2, 0.25) is 0 Å². The zero-order chi connectivity index (χ0) is 10.9. The van der Waals surface area contributed by atoms with Crippen molar-refractivity contribution in [2.24, 2.45) is 0 Å². The summed E-state index contributed by atoms with van der Waals surface area (Å²) in [5, 5.41) is 3.34. The van der Waals surface area contributed by atoms with Crippen molar-refractivity contribution in [2.45, 2.75) is 19.9 Å². The first-order valence-electron chi connectivity index (χ1n) is 5.76. The molecule has 15 heavy (non-hydrogen) atoms. The maximum Gasteiger partial charge on any atom is 0.0230 e. The third-order valence-corrected chi connectivity index (χ3v) is 2.44. The highest BCUT2D eigenvalue weighted by Crippen LogP contribution is 2.02. The van der Waals surface area contributed by atoms with E-state index in [0.29, 0.717) is 0 Å². The first-order valence-corrected chi connectivity index (χ1v) is 5.76. The van der Waals surface area contributed by atoms with E-state index in [4.69, 9.17) is 0 Å². The lowest BCUT2D eigenvalue weighted by atomic mass is 10.2. The molecular formula is C13H22N2. The molecule has 1 rings (SSSR count). The number of hydrogen-bond donors (Lipinski definition) is 1. The van der Waals surface area contributed by atoms with Crippen molar-refractivity contribution in [1.82, 2.24) is 10.2 Å². The predicted molar refractivity (Wildman–Crippen MR) is 65.9 cm³/mol. The van der Waals surface area contributed by atoms with Gasteiger partial charge in [-0.05, 0) is 38.7 Å². The minimum absolute atomic E-state index is 1.05. The first-order chi connectivity index (χ1) is 7.33. The van der Waals surface area contributed by atoms with Crippen LogP contribution in [0.25, 0.3) is 0 Å². The summed E-state index contributed by atoms with van der Waals surface area (Å²) >= 11 is 0. The van der Waals surface area contributed by atoms with Crippen molar-refractivity contribution in [3.63, 3.8) is 0 Å². The van der Waals surface area contributed by atoms with E-state index in [-0.39, 0.29) is 0 Å². The monoisotopic (exact) mass is 206 g/mol. The third-order valence-electron chi connectivity index (χ3n) is 2.44. The molecule has 0 aliphatic carbocycles. The Morgan fingerprint density at radius 3 is 2.60 bits per heavy atom. The van der Waals surface area contributed by atoms with E-state index in [1.54, 1.807) is 0 Å². The average Bonchev–Trinajstić information content (AvgIpc) is 2.26. The topological polar surface area (TPSA) is 15.3 Å². The molecule has 0 saturated carbocycles. The molecule has 0 amide bonds. The van der Waals surface area contributed by atoms with E-state index in [1.807, 2.05) is 0 Å². The van der Waals surface area contributed by atoms with Gasteiger partial charge in [0.25, 0.3) is 0 Å². The minimum atomic E-state index is 1.05. The molecule has 0 fully saturated rings. The Kier molecular flexibility index (Phi) is 6.05. The van der Waals surface area contributed by atoms with Gasteiger partial charge in [0.05, 0.1) is 0 Å². The van der Waals surface area contributed by atoms with Gasteiger partial charge in [-0.2, -0.15) is 0 Å². The predicted octanol–water partition coefficient (Wildman–Crippen LogP) is 2.12. The molecule has 0 aliphatic rings. The lowest BCUT2D eigenvalue weighted by Crippen LogP contribution is -2.23. The second kappa shape index (κ2) is 7.43. The van der Waals surface area contributed by atoms with E-state index < -0.39 is 0 Å². The van der Waals surface area contributed by atoms with Crippen LogP contribution >= 0.6 is 0 Å². The van der Waals surface area contributed by atoms with E-state index in [9.17, 15) is 0 Å². The van der Waals surface area contributed by atoms with Crippen LogP contribution < -0.4 is 5.32 Å². The summed E-state index contributed by atoms with van der Waals surface area (Å²) in [7, 11) is 2.18. The Labute approximate surface area is 93.3 Å². The van der Waals surface area contributed by atoms with Crippen LogP contribution in [0.5, 0.6) is 0 Å². The molecule has 1 aromatic rings. The van der Waals surface area contributed by atoms with E-state index in [0.717, 1.165) is 26.2 Å². The fourth-order valence-electron chi connectivity index (χ4n) is 1.62. The summed E-state index contributed by atoms with van der Waals surface area (Å²) in [4.78, 5) is 2.37. The van der Waals surface area contributed by atoms with Gasteiger partial charge in [0.1, 0.15) is 0 Å². The highest BCUT2D eigenvalue weighted by atomic mass is 15.1. The van der Waals surface area contributed by atoms with Gasteiger partial charge in [0, 0.05) is 6.54 Å². The van der Waals surface area contributed by atoms with Gasteiger partial charge in [-0.25, -0.2) is 0 Å². The summed E-state index contributed by atoms with van der Waals surface area (Å²) in [6, 6.07) is 10.6. The van der Waals surface area contributed by atoms with Gasteiger partial charge in [0.2, 0.25) is 0 Å². The van der Waals surface area contributed by atoms with Crippen LogP contribution in [0.3, 0.4) is 0 Å². The summed E-state index contributed by atoms with van der Waals surface area (Å²) in [6.45, 7) is 6.54. The average molecular weight is 206 g/mol. The second-order valence-electron chi connectivity index (χ2n) is 3.93. The van der Waals surface area contributed by atoms with Crippen LogP contribution in [-0.2, 0) is 6.54 Å². The molecule has 0 bridgehead atoms. The number of nitrogens with zero attached hydrogens (tertiary/aromatic N) is 1. The molecular weight excluding hydrogens is 184 g/mol. The quantitative estimate of drug-likeness (QED) is 0.687. The molecule has 0 atom stereocenters. The normalized spacial score (nSPS) is 10.9. The Bertz CT molecular complexity index is 246. The van der Waals surface area contributed by atoms with Crippen LogP contribution in [-0.4, -0.2) is 31.6 Å². The van der Waals surface area contributed by atoms with Crippen LogP contribution in [0.4, 0.5) is 0 Å². The van der Waals surface area contributed by atoms with Gasteiger partial charge >= 0.3 is 0 Å². The summed E-state index contributed by atoms with van der Waals surface area (Å²) in [5.41, 5.74) is 1.39. The molecule has 0 aliphatic heterocycles. The Morgan fingerprint density at radius 1 is 1.20 bits per heavy atom. The number of rotatable bonds is 7. The van der Waals surface area contributed by atoms with E-state index in [1.165, 1.54) is 12.0 Å². The SMILES string of the molecule is CCNCCCN(C)Cc1ccccc1. The summed E-state index contributed by atoms with van der Waals surface area (Å²) in [5.74, 6) is 0. The number of hydrogen-bond acceptors (Lipinski definition) is 2. The molecule has 2 heteroatoms. The van der Waals surface area contributed by atoms with Gasteiger partial charge in [0.15, 0.2) is 0 Å². The van der Waals surface area contributed by atoms with Gasteiger partial charge in [-0.1, -0.05) is 37.3 Å². The number of nitrogens with one attached hydrogen (secondary N) is 1. The summed E-state index contributed by atoms with van der Waals surface area (Å²) in [6.07, 6.45) is 1.22. The molecule has 0 saturated heterocycles. The molecule has 1 aromatic carbocycles. The Hall–Kier alpha value is -0.860. The van der Waals surface area contributed by atoms with Crippen molar-refractivity contribution in [3.05, 3.63) is 35.9 Å². The lowest BCUT2D eigenvalue weighted by molar-refractivity contribution is 0.320. The third kappa shape index (κ3) is 5.55. The van der Waals surface area contributed by atoms with Crippen molar-refractivity contribution < 1.29 is 0 Å². The smallest absolute Gasteiger partial charge is 0.0230 e. The fraction of sp³-hybridized carbons (Fsp3) is 0.538. The van der Waals surface area contributed by atoms with Crippen molar-refractivity contribution in [3.8, 4) is 0 Å². The Morgan fingerprint density at radius 2 is 1.93 bits per heavy atom. The maximum absolute atomic E-state index is 3.34. The van der Waals surface area contributed by atoms with Crippen molar-refractivity contribution >= 4 is 0 Å². The molecule has 0 spiro atoms. The fourth-order valence-corrected chi connectivity index (χ4v) is 1.62. The lowest BCUT2D eigenvalue weighted by Gasteiger charge is -2.16. The highest BCUT2D eigenvalue weighted by molar-refractivity contribution is 5.14. The molecule has 2 nitrogen and oxygen atoms in total. The van der Waals surface area contributed by atoms with Gasteiger partial charge in [-0.15, -0.1) is 0 Å². The van der Waals surface area contributed by atoms with E-state index in [2.05, 4.69) is 54.5 Å². The van der Waals surface area contributed by atoms with Crippen molar-refractivity contribution in [2.75, 3.05) is 26.7 Å². The molecule has 0 radical (unpaired) electrons. The molecule has 0 heterocycles. The van der Waals surface area contributed by atoms with Gasteiger partial charge < -0.3 is 10.2 Å². The molecule has 0 aromatic heterocycles. The first kappa shape index (κ1) is 12.2. The van der Waals surface area contributed by atoms with E-state index >= 15 is 0 Å². The second-order valence-corrected chi connectivity index (χ2v) is 3.93. The zero-order valence-corrected chi connectivity index (χ0v) is 9.87. The minimum Gasteiger partial charge on any atom is -0.317 e. The van der Waals surface area contributed by atoms with Crippen LogP contribution in [0.1, 0.15) is 18.9 Å². The van der Waals surface area contributed by atoms with Crippen LogP contribution in [0, 0.1) is 0 Å². The molecule has 84 valence electrons. The molecule has 0 unspecified atom stereocenters. The van der Waals surface area contributed by atoms with Crippen molar-refractivity contribution in [1.29, 1.82) is 0 Å². The Balaban J connectivity index is 2.16. The maximum atomic E-state index is 3.34. The molecule has 1 N–H and O–H groups in total. The zero-order valence-electron chi connectivity index (χ0n) is 9.87. The van der Waals surface area contributed by atoms with Crippen LogP contribution in [0.15, 0.2) is 30.3 Å². The largest absolute Gasteiger partial charge is 0.317 e.